The maximum Gasteiger partial charge on any atom is 0.310 e. The molecule has 0 spiro atoms. The molecule has 1 aromatic heterocycles. The van der Waals surface area contributed by atoms with Crippen LogP contribution in [0.15, 0.2) is 18.2 Å². The molecule has 0 amide bonds. The molecule has 0 bridgehead atoms. The highest BCUT2D eigenvalue weighted by molar-refractivity contribution is 5.73. The van der Waals surface area contributed by atoms with Crippen LogP contribution in [0, 0.1) is 12.8 Å². The van der Waals surface area contributed by atoms with Gasteiger partial charge in [0.2, 0.25) is 0 Å². The summed E-state index contributed by atoms with van der Waals surface area (Å²) in [4.78, 5) is 15.9. The highest BCUT2D eigenvalue weighted by Crippen LogP contribution is 2.26. The third kappa shape index (κ3) is 2.98. The van der Waals surface area contributed by atoms with Gasteiger partial charge in [-0.05, 0) is 31.9 Å². The van der Waals surface area contributed by atoms with Crippen LogP contribution >= 0.6 is 0 Å². The summed E-state index contributed by atoms with van der Waals surface area (Å²) in [5.74, 6) is 0.571. The van der Waals surface area contributed by atoms with Gasteiger partial charge in [-0.3, -0.25) is 4.79 Å². The number of anilines is 1. The molecule has 1 aliphatic carbocycles. The van der Waals surface area contributed by atoms with Gasteiger partial charge < -0.3 is 10.2 Å². The van der Waals surface area contributed by atoms with Gasteiger partial charge in [0.15, 0.2) is 0 Å². The summed E-state index contributed by atoms with van der Waals surface area (Å²) < 4.78 is 4.81. The molecule has 0 aliphatic heterocycles. The predicted molar refractivity (Wildman–Crippen MR) is 68.9 cm³/mol. The number of hydrazine groups is 1. The molecule has 2 unspecified atom stereocenters. The molecule has 1 aliphatic rings. The van der Waals surface area contributed by atoms with Crippen molar-refractivity contribution >= 4 is 11.8 Å². The number of nitrogens with zero attached hydrogens (tertiary/aromatic N) is 1. The summed E-state index contributed by atoms with van der Waals surface area (Å²) in [7, 11) is 1.44. The molecule has 1 fully saturated rings. The van der Waals surface area contributed by atoms with E-state index in [0.717, 1.165) is 30.8 Å². The molecule has 1 aromatic rings. The number of aromatic nitrogens is 1. The summed E-state index contributed by atoms with van der Waals surface area (Å²) >= 11 is 0. The maximum atomic E-state index is 11.6. The summed E-state index contributed by atoms with van der Waals surface area (Å²) in [6, 6.07) is 5.89. The fourth-order valence-corrected chi connectivity index (χ4v) is 2.35. The van der Waals surface area contributed by atoms with E-state index in [-0.39, 0.29) is 17.9 Å². The highest BCUT2D eigenvalue weighted by atomic mass is 16.5. The van der Waals surface area contributed by atoms with E-state index in [1.165, 1.54) is 7.11 Å². The lowest BCUT2D eigenvalue weighted by atomic mass is 10.1. The van der Waals surface area contributed by atoms with Crippen molar-refractivity contribution in [3.05, 3.63) is 23.9 Å². The molecule has 5 nitrogen and oxygen atoms in total. The molecule has 0 aromatic carbocycles. The van der Waals surface area contributed by atoms with E-state index in [1.807, 2.05) is 25.1 Å². The molecule has 1 saturated carbocycles. The molecule has 2 rings (SSSR count). The molecule has 0 radical (unpaired) electrons. The van der Waals surface area contributed by atoms with Crippen LogP contribution in [0.25, 0.3) is 0 Å². The van der Waals surface area contributed by atoms with E-state index in [4.69, 9.17) is 4.74 Å². The van der Waals surface area contributed by atoms with Crippen molar-refractivity contribution in [3.8, 4) is 0 Å². The van der Waals surface area contributed by atoms with Crippen LogP contribution in [0.2, 0.25) is 0 Å². The number of aryl methyl sites for hydroxylation is 1. The van der Waals surface area contributed by atoms with Gasteiger partial charge in [0.05, 0.1) is 13.0 Å². The van der Waals surface area contributed by atoms with E-state index in [9.17, 15) is 4.79 Å². The number of nitrogens with one attached hydrogen (secondary N) is 2. The van der Waals surface area contributed by atoms with Crippen LogP contribution in [0.3, 0.4) is 0 Å². The molecule has 18 heavy (non-hydrogen) atoms. The highest BCUT2D eigenvalue weighted by Gasteiger charge is 2.33. The van der Waals surface area contributed by atoms with Gasteiger partial charge in [-0.1, -0.05) is 12.5 Å². The third-order valence-electron chi connectivity index (χ3n) is 3.29. The van der Waals surface area contributed by atoms with Crippen molar-refractivity contribution in [1.82, 2.24) is 10.4 Å². The smallest absolute Gasteiger partial charge is 0.310 e. The fourth-order valence-electron chi connectivity index (χ4n) is 2.35. The van der Waals surface area contributed by atoms with E-state index in [1.54, 1.807) is 0 Å². The SMILES string of the molecule is COC(=O)C1CCCC1NNc1cccc(C)n1. The Kier molecular flexibility index (Phi) is 4.15. The Morgan fingerprint density at radius 3 is 3.00 bits per heavy atom. The Morgan fingerprint density at radius 2 is 2.28 bits per heavy atom. The van der Waals surface area contributed by atoms with Crippen molar-refractivity contribution in [2.75, 3.05) is 12.5 Å². The van der Waals surface area contributed by atoms with Gasteiger partial charge in [0, 0.05) is 11.7 Å². The maximum absolute atomic E-state index is 11.6. The number of hydrogen-bond donors (Lipinski definition) is 2. The van der Waals surface area contributed by atoms with E-state index >= 15 is 0 Å². The van der Waals surface area contributed by atoms with Crippen LogP contribution in [-0.4, -0.2) is 24.1 Å². The second kappa shape index (κ2) is 5.82. The first-order valence-corrected chi connectivity index (χ1v) is 6.23. The molecule has 2 atom stereocenters. The first kappa shape index (κ1) is 12.8. The van der Waals surface area contributed by atoms with Gasteiger partial charge in [-0.2, -0.15) is 0 Å². The molecule has 2 N–H and O–H groups in total. The number of hydrogen-bond acceptors (Lipinski definition) is 5. The van der Waals surface area contributed by atoms with Gasteiger partial charge >= 0.3 is 5.97 Å². The lowest BCUT2D eigenvalue weighted by Gasteiger charge is -2.19. The van der Waals surface area contributed by atoms with E-state index in [2.05, 4.69) is 15.8 Å². The largest absolute Gasteiger partial charge is 0.469 e. The Bertz CT molecular complexity index is 422. The van der Waals surface area contributed by atoms with Crippen molar-refractivity contribution in [2.45, 2.75) is 32.2 Å². The van der Waals surface area contributed by atoms with Crippen LogP contribution in [0.1, 0.15) is 25.0 Å². The zero-order chi connectivity index (χ0) is 13.0. The lowest BCUT2D eigenvalue weighted by Crippen LogP contribution is -2.40. The number of carbonyl (C=O) groups excluding carboxylic acids is 1. The van der Waals surface area contributed by atoms with Gasteiger partial charge in [0.25, 0.3) is 0 Å². The Hall–Kier alpha value is -1.62. The minimum Gasteiger partial charge on any atom is -0.469 e. The van der Waals surface area contributed by atoms with Crippen LogP contribution < -0.4 is 10.9 Å². The van der Waals surface area contributed by atoms with E-state index < -0.39 is 0 Å². The van der Waals surface area contributed by atoms with Crippen LogP contribution in [0.4, 0.5) is 5.82 Å². The molecular weight excluding hydrogens is 230 g/mol. The molecule has 98 valence electrons. The van der Waals surface area contributed by atoms with Crippen molar-refractivity contribution in [1.29, 1.82) is 0 Å². The Morgan fingerprint density at radius 1 is 1.44 bits per heavy atom. The average Bonchev–Trinajstić information content (AvgIpc) is 2.84. The monoisotopic (exact) mass is 249 g/mol. The summed E-state index contributed by atoms with van der Waals surface area (Å²) in [5.41, 5.74) is 7.20. The minimum absolute atomic E-state index is 0.0627. The number of esters is 1. The summed E-state index contributed by atoms with van der Waals surface area (Å²) in [6.07, 6.45) is 2.90. The second-order valence-electron chi connectivity index (χ2n) is 4.60. The average molecular weight is 249 g/mol. The Labute approximate surface area is 107 Å². The van der Waals surface area contributed by atoms with Crippen molar-refractivity contribution in [2.24, 2.45) is 5.92 Å². The molecular formula is C13H19N3O2. The summed E-state index contributed by atoms with van der Waals surface area (Å²) in [5, 5.41) is 0. The lowest BCUT2D eigenvalue weighted by molar-refractivity contribution is -0.145. The quantitative estimate of drug-likeness (QED) is 0.627. The normalized spacial score (nSPS) is 22.8. The van der Waals surface area contributed by atoms with Gasteiger partial charge in [-0.25, -0.2) is 10.4 Å². The number of ether oxygens (including phenoxy) is 1. The number of rotatable bonds is 4. The third-order valence-corrected chi connectivity index (χ3v) is 3.29. The topological polar surface area (TPSA) is 63.2 Å². The molecule has 1 heterocycles. The first-order valence-electron chi connectivity index (χ1n) is 6.23. The number of methoxy groups -OCH3 is 1. The fraction of sp³-hybridized carbons (Fsp3) is 0.538. The van der Waals surface area contributed by atoms with Gasteiger partial charge in [0.1, 0.15) is 5.82 Å². The molecule has 5 heteroatoms. The standard InChI is InChI=1S/C13H19N3O2/c1-9-5-3-8-12(14-9)16-15-11-7-4-6-10(11)13(17)18-2/h3,5,8,10-11,15H,4,6-7H2,1-2H3,(H,14,16). The van der Waals surface area contributed by atoms with Crippen molar-refractivity contribution < 1.29 is 9.53 Å². The summed E-state index contributed by atoms with van der Waals surface area (Å²) in [6.45, 7) is 1.94. The van der Waals surface area contributed by atoms with Gasteiger partial charge in [-0.15, -0.1) is 0 Å². The number of pyridine rings is 1. The Balaban J connectivity index is 1.91. The van der Waals surface area contributed by atoms with E-state index in [0.29, 0.717) is 0 Å². The van der Waals surface area contributed by atoms with Crippen molar-refractivity contribution in [3.63, 3.8) is 0 Å². The minimum atomic E-state index is -0.135. The molecule has 0 saturated heterocycles. The van der Waals surface area contributed by atoms with Crippen LogP contribution in [-0.2, 0) is 9.53 Å². The number of carbonyl (C=O) groups is 1. The predicted octanol–water partition coefficient (Wildman–Crippen LogP) is 1.65. The first-order chi connectivity index (χ1) is 8.70. The zero-order valence-corrected chi connectivity index (χ0v) is 10.8. The second-order valence-corrected chi connectivity index (χ2v) is 4.60. The zero-order valence-electron chi connectivity index (χ0n) is 10.8. The van der Waals surface area contributed by atoms with Crippen LogP contribution in [0.5, 0.6) is 0 Å².